The fraction of sp³-hybridized carbons (Fsp3) is 0.0161. The Kier molecular flexibility index (Phi) is 8.32. The van der Waals surface area contributed by atoms with Crippen LogP contribution in [0, 0.1) is 0 Å². The quantitative estimate of drug-likeness (QED) is 0.181. The van der Waals surface area contributed by atoms with Crippen molar-refractivity contribution >= 4 is 77.0 Å². The number of nitrogens with zero attached hydrogens (tertiary/aromatic N) is 4. The second-order valence-electron chi connectivity index (χ2n) is 17.6. The van der Waals surface area contributed by atoms with Crippen molar-refractivity contribution in [3.05, 3.63) is 242 Å². The summed E-state index contributed by atoms with van der Waals surface area (Å²) in [6.45, 7) is 0. The smallest absolute Gasteiger partial charge is 0.263 e. The molecule has 1 atom stereocenters. The molecule has 1 amide bonds. The maximum absolute atomic E-state index is 15.9. The van der Waals surface area contributed by atoms with E-state index in [1.807, 2.05) is 60.7 Å². The number of amides is 1. The van der Waals surface area contributed by atoms with Gasteiger partial charge >= 0.3 is 0 Å². The highest BCUT2D eigenvalue weighted by atomic mass is 16.3. The van der Waals surface area contributed by atoms with Crippen molar-refractivity contribution in [3.8, 4) is 39.3 Å². The fourth-order valence-corrected chi connectivity index (χ4v) is 11.4. The first-order valence-electron chi connectivity index (χ1n) is 23.1. The summed E-state index contributed by atoms with van der Waals surface area (Å²) in [5, 5.41) is 19.5. The number of hydrogen-bond acceptors (Lipinski definition) is 2. The number of benzene rings is 10. The van der Waals surface area contributed by atoms with Crippen LogP contribution in [0.2, 0.25) is 0 Å². The summed E-state index contributed by atoms with van der Waals surface area (Å²) < 4.78 is 7.06. The van der Waals surface area contributed by atoms with Crippen molar-refractivity contribution in [1.29, 1.82) is 0 Å². The van der Waals surface area contributed by atoms with Crippen molar-refractivity contribution in [2.24, 2.45) is 0 Å². The molecule has 68 heavy (non-hydrogen) atoms. The molecule has 13 aromatic rings. The minimum atomic E-state index is -1.26. The summed E-state index contributed by atoms with van der Waals surface area (Å²) in [5.41, 5.74) is 14.4. The molecule has 0 saturated carbocycles. The Hall–Kier alpha value is -8.97. The number of carbonyl (C=O) groups is 1. The minimum absolute atomic E-state index is 0.274. The van der Waals surface area contributed by atoms with E-state index in [4.69, 9.17) is 0 Å². The Morgan fingerprint density at radius 1 is 0.324 bits per heavy atom. The molecule has 0 spiro atoms. The van der Waals surface area contributed by atoms with Crippen molar-refractivity contribution < 1.29 is 9.90 Å². The number of anilines is 1. The van der Waals surface area contributed by atoms with Gasteiger partial charge in [0.2, 0.25) is 0 Å². The van der Waals surface area contributed by atoms with Crippen LogP contribution in [0.25, 0.3) is 105 Å². The third-order valence-electron chi connectivity index (χ3n) is 14.1. The Morgan fingerprint density at radius 3 is 1.24 bits per heavy atom. The zero-order valence-electron chi connectivity index (χ0n) is 36.7. The van der Waals surface area contributed by atoms with Crippen LogP contribution in [0.4, 0.5) is 5.69 Å². The van der Waals surface area contributed by atoms with Crippen LogP contribution in [0.3, 0.4) is 0 Å². The summed E-state index contributed by atoms with van der Waals surface area (Å²) in [6.07, 6.45) is -1.26. The van der Waals surface area contributed by atoms with Crippen LogP contribution in [0.1, 0.15) is 22.1 Å². The lowest BCUT2D eigenvalue weighted by molar-refractivity contribution is 0.0935. The third kappa shape index (κ3) is 5.34. The van der Waals surface area contributed by atoms with Gasteiger partial charge in [-0.05, 0) is 65.2 Å². The van der Waals surface area contributed by atoms with Crippen LogP contribution >= 0.6 is 0 Å². The van der Waals surface area contributed by atoms with Crippen molar-refractivity contribution in [1.82, 2.24) is 13.7 Å². The van der Waals surface area contributed by atoms with Gasteiger partial charge in [0.1, 0.15) is 0 Å². The van der Waals surface area contributed by atoms with Gasteiger partial charge in [0, 0.05) is 43.4 Å². The lowest BCUT2D eigenvalue weighted by Gasteiger charge is -2.26. The minimum Gasteiger partial charge on any atom is -0.369 e. The summed E-state index contributed by atoms with van der Waals surface area (Å²) in [5.74, 6) is -0.274. The Bertz CT molecular complexity index is 3920. The van der Waals surface area contributed by atoms with Crippen LogP contribution in [0.5, 0.6) is 0 Å². The zero-order chi connectivity index (χ0) is 45.0. The Balaban J connectivity index is 1.10. The van der Waals surface area contributed by atoms with Gasteiger partial charge in [0.25, 0.3) is 5.91 Å². The van der Waals surface area contributed by atoms with Crippen molar-refractivity contribution in [3.63, 3.8) is 0 Å². The normalized spacial score (nSPS) is 13.8. The SMILES string of the molecule is O=C1c2c(cccc2-n2c3c(-n4c5ccccc5c5ccccc54)cccc3c3cccc(-n4c5ccccc5c5ccccc54)c32)C(O)N1c1cccc(-c2ccccc2)c1-c1ccccc1. The molecule has 1 N–H and O–H groups in total. The van der Waals surface area contributed by atoms with E-state index in [0.717, 1.165) is 99.0 Å². The lowest BCUT2D eigenvalue weighted by atomic mass is 9.92. The molecular formula is C62H40N4O2. The van der Waals surface area contributed by atoms with Gasteiger partial charge in [-0.2, -0.15) is 0 Å². The molecule has 4 heterocycles. The molecule has 6 heteroatoms. The number of aromatic nitrogens is 3. The molecule has 10 aromatic carbocycles. The highest BCUT2D eigenvalue weighted by Gasteiger charge is 2.41. The second-order valence-corrected chi connectivity index (χ2v) is 17.6. The number of aliphatic hydroxyl groups excluding tert-OH is 1. The van der Waals surface area contributed by atoms with E-state index in [-0.39, 0.29) is 5.91 Å². The van der Waals surface area contributed by atoms with Gasteiger partial charge in [-0.1, -0.05) is 182 Å². The highest BCUT2D eigenvalue weighted by molar-refractivity contribution is 6.20. The molecule has 0 fully saturated rings. The average Bonchev–Trinajstić information content (AvgIpc) is 4.11. The number of aliphatic hydroxyl groups is 1. The van der Waals surface area contributed by atoms with E-state index in [9.17, 15) is 5.11 Å². The number of fused-ring (bicyclic) bond motifs is 10. The average molecular weight is 873 g/mol. The first kappa shape index (κ1) is 38.3. The summed E-state index contributed by atoms with van der Waals surface area (Å²) in [7, 11) is 0. The first-order chi connectivity index (χ1) is 33.7. The predicted molar refractivity (Wildman–Crippen MR) is 279 cm³/mol. The van der Waals surface area contributed by atoms with Gasteiger partial charge < -0.3 is 18.8 Å². The van der Waals surface area contributed by atoms with E-state index in [2.05, 4.69) is 184 Å². The Morgan fingerprint density at radius 2 is 0.721 bits per heavy atom. The molecule has 1 unspecified atom stereocenters. The summed E-state index contributed by atoms with van der Waals surface area (Å²) in [4.78, 5) is 17.5. The molecule has 320 valence electrons. The lowest BCUT2D eigenvalue weighted by Crippen LogP contribution is -2.28. The Labute approximate surface area is 391 Å². The maximum atomic E-state index is 15.9. The molecule has 0 saturated heterocycles. The van der Waals surface area contributed by atoms with Gasteiger partial charge in [-0.3, -0.25) is 9.69 Å². The van der Waals surface area contributed by atoms with Crippen LogP contribution in [-0.4, -0.2) is 24.7 Å². The fourth-order valence-electron chi connectivity index (χ4n) is 11.4. The monoisotopic (exact) mass is 872 g/mol. The molecule has 3 aromatic heterocycles. The highest BCUT2D eigenvalue weighted by Crippen LogP contribution is 2.49. The van der Waals surface area contributed by atoms with Gasteiger partial charge in [0.15, 0.2) is 6.23 Å². The molecule has 1 aliphatic heterocycles. The molecule has 6 nitrogen and oxygen atoms in total. The van der Waals surface area contributed by atoms with Gasteiger partial charge in [0.05, 0.1) is 61.4 Å². The van der Waals surface area contributed by atoms with Gasteiger partial charge in [-0.25, -0.2) is 0 Å². The second kappa shape index (κ2) is 14.8. The predicted octanol–water partition coefficient (Wildman–Crippen LogP) is 15.0. The van der Waals surface area contributed by atoms with Crippen LogP contribution in [-0.2, 0) is 0 Å². The van der Waals surface area contributed by atoms with E-state index in [1.165, 1.54) is 0 Å². The molecule has 0 bridgehead atoms. The van der Waals surface area contributed by atoms with E-state index >= 15 is 4.79 Å². The third-order valence-corrected chi connectivity index (χ3v) is 14.1. The van der Waals surface area contributed by atoms with Crippen molar-refractivity contribution in [2.75, 3.05) is 4.90 Å². The molecule has 14 rings (SSSR count). The van der Waals surface area contributed by atoms with Crippen LogP contribution < -0.4 is 4.90 Å². The number of rotatable bonds is 6. The van der Waals surface area contributed by atoms with Crippen molar-refractivity contribution in [2.45, 2.75) is 6.23 Å². The summed E-state index contributed by atoms with van der Waals surface area (Å²) >= 11 is 0. The summed E-state index contributed by atoms with van der Waals surface area (Å²) in [6, 6.07) is 79.8. The molecule has 0 radical (unpaired) electrons. The van der Waals surface area contributed by atoms with Gasteiger partial charge in [-0.15, -0.1) is 0 Å². The standard InChI is InChI=1S/C62H40N4O2/c67-61-48-30-18-36-54(58(48)62(68)66(61)53-35-15-27-41(39-19-3-1-4-20-39)57(53)40-21-5-2-6-22-40)65-59-46(28-16-37-55(59)63-49-31-11-7-23-42(49)43-24-8-12-32-50(43)63)47-29-17-38-56(60(47)65)64-51-33-13-9-25-44(51)45-26-10-14-34-52(45)64/h1-38,61,67H. The topological polar surface area (TPSA) is 55.3 Å². The molecule has 0 aliphatic carbocycles. The first-order valence-corrected chi connectivity index (χ1v) is 23.1. The van der Waals surface area contributed by atoms with E-state index in [0.29, 0.717) is 22.5 Å². The van der Waals surface area contributed by atoms with E-state index < -0.39 is 6.23 Å². The largest absolute Gasteiger partial charge is 0.369 e. The van der Waals surface area contributed by atoms with E-state index in [1.54, 1.807) is 4.90 Å². The maximum Gasteiger partial charge on any atom is 0.263 e. The van der Waals surface area contributed by atoms with Crippen LogP contribution in [0.15, 0.2) is 231 Å². The molecule has 1 aliphatic rings. The number of para-hydroxylation sites is 6. The number of hydrogen-bond donors (Lipinski definition) is 1. The molecular weight excluding hydrogens is 833 g/mol. The number of carbonyl (C=O) groups excluding carboxylic acids is 1. The zero-order valence-corrected chi connectivity index (χ0v) is 36.7.